The number of carbonyl (C=O) groups excluding carboxylic acids is 1. The number of hydrogen-bond donors (Lipinski definition) is 2. The van der Waals surface area contributed by atoms with Crippen molar-refractivity contribution in [3.63, 3.8) is 0 Å². The van der Waals surface area contributed by atoms with E-state index in [0.29, 0.717) is 31.6 Å². The molecule has 3 aliphatic heterocycles. The van der Waals surface area contributed by atoms with Crippen LogP contribution in [0.25, 0.3) is 10.9 Å². The number of aromatic amines is 1. The standard InChI is InChI=1S/C26H29N3O4/c1-16-7-10-28(11-8-17-12-27-21-5-3-2-4-18(17)21)24(31)23(16)25(32)29-13-20-19(14-30)22-6-9-26(20,15-29)33-22/h2-5,7,10,12,19-20,22,27,30H,6,8-9,11,13-15H2,1H3/t19-,20+,22+,26+/m1/s1. The van der Waals surface area contributed by atoms with Gasteiger partial charge in [-0.05, 0) is 49.4 Å². The van der Waals surface area contributed by atoms with Gasteiger partial charge in [-0.1, -0.05) is 18.2 Å². The Balaban J connectivity index is 1.24. The number of H-pyrrole nitrogens is 1. The summed E-state index contributed by atoms with van der Waals surface area (Å²) in [7, 11) is 0. The predicted octanol–water partition coefficient (Wildman–Crippen LogP) is 2.49. The Labute approximate surface area is 192 Å². The maximum absolute atomic E-state index is 13.5. The number of amides is 1. The van der Waals surface area contributed by atoms with E-state index in [9.17, 15) is 14.7 Å². The normalized spacial score (nSPS) is 28.1. The number of benzene rings is 1. The fraction of sp³-hybridized carbons (Fsp3) is 0.462. The highest BCUT2D eigenvalue weighted by atomic mass is 16.5. The van der Waals surface area contributed by atoms with Gasteiger partial charge in [-0.3, -0.25) is 9.59 Å². The summed E-state index contributed by atoms with van der Waals surface area (Å²) >= 11 is 0. The molecule has 4 atom stereocenters. The molecular formula is C26H29N3O4. The van der Waals surface area contributed by atoms with Crippen LogP contribution in [0.4, 0.5) is 0 Å². The van der Waals surface area contributed by atoms with Crippen molar-refractivity contribution in [2.75, 3.05) is 19.7 Å². The molecule has 172 valence electrons. The number of nitrogens with one attached hydrogen (secondary N) is 1. The van der Waals surface area contributed by atoms with E-state index in [0.717, 1.165) is 29.3 Å². The quantitative estimate of drug-likeness (QED) is 0.629. The molecular weight excluding hydrogens is 418 g/mol. The number of rotatable bonds is 5. The number of ether oxygens (including phenoxy) is 1. The maximum atomic E-state index is 13.5. The molecule has 3 fully saturated rings. The lowest BCUT2D eigenvalue weighted by atomic mass is 9.74. The number of nitrogens with zero attached hydrogens (tertiary/aromatic N) is 2. The van der Waals surface area contributed by atoms with Crippen LogP contribution >= 0.6 is 0 Å². The largest absolute Gasteiger partial charge is 0.396 e. The molecule has 33 heavy (non-hydrogen) atoms. The fourth-order valence-corrected chi connectivity index (χ4v) is 6.43. The van der Waals surface area contributed by atoms with E-state index >= 15 is 0 Å². The van der Waals surface area contributed by atoms with E-state index in [1.165, 1.54) is 0 Å². The van der Waals surface area contributed by atoms with Gasteiger partial charge in [0, 0.05) is 54.8 Å². The third kappa shape index (κ3) is 3.09. The number of hydrogen-bond acceptors (Lipinski definition) is 4. The van der Waals surface area contributed by atoms with Gasteiger partial charge >= 0.3 is 0 Å². The van der Waals surface area contributed by atoms with Gasteiger partial charge in [0.15, 0.2) is 0 Å². The molecule has 2 bridgehead atoms. The van der Waals surface area contributed by atoms with Crippen molar-refractivity contribution in [1.29, 1.82) is 0 Å². The van der Waals surface area contributed by atoms with Crippen LogP contribution in [0.3, 0.4) is 0 Å². The second-order valence-corrected chi connectivity index (χ2v) is 9.88. The third-order valence-electron chi connectivity index (χ3n) is 8.17. The van der Waals surface area contributed by atoms with Crippen molar-refractivity contribution in [1.82, 2.24) is 14.5 Å². The number of pyridine rings is 1. The first kappa shape index (κ1) is 20.7. The van der Waals surface area contributed by atoms with Crippen LogP contribution in [-0.2, 0) is 17.7 Å². The number of likely N-dealkylation sites (tertiary alicyclic amines) is 1. The van der Waals surface area contributed by atoms with Crippen molar-refractivity contribution < 1.29 is 14.6 Å². The minimum absolute atomic E-state index is 0.0845. The van der Waals surface area contributed by atoms with Gasteiger partial charge in [-0.2, -0.15) is 0 Å². The average Bonchev–Trinajstić information content (AvgIpc) is 3.57. The highest BCUT2D eigenvalue weighted by Gasteiger charge is 2.63. The number of carbonyl (C=O) groups is 1. The van der Waals surface area contributed by atoms with Crippen LogP contribution < -0.4 is 5.56 Å². The average molecular weight is 448 g/mol. The van der Waals surface area contributed by atoms with Crippen LogP contribution in [0.2, 0.25) is 0 Å². The molecule has 7 heteroatoms. The minimum atomic E-state index is -0.342. The molecule has 3 saturated heterocycles. The first-order chi connectivity index (χ1) is 16.0. The number of fused-ring (bicyclic) bond motifs is 2. The molecule has 6 rings (SSSR count). The first-order valence-electron chi connectivity index (χ1n) is 11.8. The summed E-state index contributed by atoms with van der Waals surface area (Å²) in [6.07, 6.45) is 6.44. The molecule has 0 saturated carbocycles. The second kappa shape index (κ2) is 7.57. The molecule has 0 unspecified atom stereocenters. The number of aryl methyl sites for hydroxylation is 3. The van der Waals surface area contributed by atoms with Gasteiger partial charge in [-0.15, -0.1) is 0 Å². The van der Waals surface area contributed by atoms with Gasteiger partial charge < -0.3 is 24.3 Å². The minimum Gasteiger partial charge on any atom is -0.396 e. The smallest absolute Gasteiger partial charge is 0.263 e. The molecule has 2 N–H and O–H groups in total. The van der Waals surface area contributed by atoms with Gasteiger partial charge in [-0.25, -0.2) is 0 Å². The highest BCUT2D eigenvalue weighted by Crippen LogP contribution is 2.54. The molecule has 0 aliphatic carbocycles. The Hall–Kier alpha value is -2.90. The summed E-state index contributed by atoms with van der Waals surface area (Å²) in [6.45, 7) is 3.47. The number of para-hydroxylation sites is 1. The lowest BCUT2D eigenvalue weighted by Crippen LogP contribution is -2.39. The maximum Gasteiger partial charge on any atom is 0.263 e. The second-order valence-electron chi connectivity index (χ2n) is 9.88. The molecule has 1 amide bonds. The monoisotopic (exact) mass is 447 g/mol. The Morgan fingerprint density at radius 3 is 3.00 bits per heavy atom. The summed E-state index contributed by atoms with van der Waals surface area (Å²) in [4.78, 5) is 32.0. The third-order valence-corrected chi connectivity index (χ3v) is 8.17. The fourth-order valence-electron chi connectivity index (χ4n) is 6.43. The van der Waals surface area contributed by atoms with E-state index in [1.54, 1.807) is 15.7 Å². The molecule has 7 nitrogen and oxygen atoms in total. The number of aliphatic hydroxyl groups is 1. The lowest BCUT2D eigenvalue weighted by molar-refractivity contribution is 0.00150. The first-order valence-corrected chi connectivity index (χ1v) is 11.8. The molecule has 2 aromatic heterocycles. The summed E-state index contributed by atoms with van der Waals surface area (Å²) in [5.74, 6) is 0.0195. The van der Waals surface area contributed by atoms with E-state index < -0.39 is 0 Å². The van der Waals surface area contributed by atoms with Gasteiger partial charge in [0.05, 0.1) is 18.2 Å². The highest BCUT2D eigenvalue weighted by molar-refractivity contribution is 5.95. The predicted molar refractivity (Wildman–Crippen MR) is 124 cm³/mol. The van der Waals surface area contributed by atoms with Crippen LogP contribution in [-0.4, -0.2) is 56.9 Å². The van der Waals surface area contributed by atoms with Crippen molar-refractivity contribution >= 4 is 16.8 Å². The van der Waals surface area contributed by atoms with Crippen LogP contribution in [0.1, 0.15) is 34.3 Å². The molecule has 5 heterocycles. The van der Waals surface area contributed by atoms with Crippen LogP contribution in [0.5, 0.6) is 0 Å². The molecule has 0 radical (unpaired) electrons. The Morgan fingerprint density at radius 2 is 2.15 bits per heavy atom. The molecule has 3 aliphatic rings. The zero-order valence-electron chi connectivity index (χ0n) is 18.8. The molecule has 1 aromatic carbocycles. The molecule has 3 aromatic rings. The van der Waals surface area contributed by atoms with Crippen LogP contribution in [0, 0.1) is 18.8 Å². The van der Waals surface area contributed by atoms with Crippen LogP contribution in [0.15, 0.2) is 47.5 Å². The van der Waals surface area contributed by atoms with Crippen molar-refractivity contribution in [2.24, 2.45) is 11.8 Å². The van der Waals surface area contributed by atoms with E-state index in [2.05, 4.69) is 11.1 Å². The van der Waals surface area contributed by atoms with Crippen molar-refractivity contribution in [3.05, 3.63) is 69.8 Å². The summed E-state index contributed by atoms with van der Waals surface area (Å²) in [6, 6.07) is 9.98. The molecule has 1 spiro atoms. The summed E-state index contributed by atoms with van der Waals surface area (Å²) < 4.78 is 7.91. The Bertz CT molecular complexity index is 1290. The topological polar surface area (TPSA) is 87.6 Å². The number of aliphatic hydroxyl groups excluding tert-OH is 1. The number of aromatic nitrogens is 2. The SMILES string of the molecule is Cc1ccn(CCc2c[nH]c3ccccc23)c(=O)c1C(=O)N1C[C@H]2[C@@H](CO)[C@@H]3CC[C@@]2(C1)O3. The van der Waals surface area contributed by atoms with Gasteiger partial charge in [0.1, 0.15) is 5.56 Å². The van der Waals surface area contributed by atoms with Crippen molar-refractivity contribution in [3.8, 4) is 0 Å². The van der Waals surface area contributed by atoms with Gasteiger partial charge in [0.25, 0.3) is 11.5 Å². The zero-order chi connectivity index (χ0) is 22.7. The Morgan fingerprint density at radius 1 is 1.30 bits per heavy atom. The lowest BCUT2D eigenvalue weighted by Gasteiger charge is -2.27. The van der Waals surface area contributed by atoms with E-state index in [1.807, 2.05) is 37.4 Å². The summed E-state index contributed by atoms with van der Waals surface area (Å²) in [5, 5.41) is 11.0. The van der Waals surface area contributed by atoms with Crippen molar-refractivity contribution in [2.45, 2.75) is 44.4 Å². The zero-order valence-corrected chi connectivity index (χ0v) is 18.8. The van der Waals surface area contributed by atoms with E-state index in [4.69, 9.17) is 4.74 Å². The van der Waals surface area contributed by atoms with E-state index in [-0.39, 0.29) is 47.2 Å². The van der Waals surface area contributed by atoms with Gasteiger partial charge in [0.2, 0.25) is 0 Å². The summed E-state index contributed by atoms with van der Waals surface area (Å²) in [5.41, 5.74) is 2.61. The Kier molecular flexibility index (Phi) is 4.74.